The van der Waals surface area contributed by atoms with Gasteiger partial charge in [-0.05, 0) is 27.8 Å². The van der Waals surface area contributed by atoms with Crippen molar-refractivity contribution in [1.29, 1.82) is 0 Å². The van der Waals surface area contributed by atoms with E-state index < -0.39 is 0 Å². The van der Waals surface area contributed by atoms with E-state index in [2.05, 4.69) is 90.3 Å². The van der Waals surface area contributed by atoms with Crippen molar-refractivity contribution in [3.63, 3.8) is 0 Å². The van der Waals surface area contributed by atoms with Crippen LogP contribution in [0.2, 0.25) is 0 Å². The molecule has 0 aliphatic rings. The molecule has 0 saturated carbocycles. The van der Waals surface area contributed by atoms with E-state index in [0.717, 1.165) is 41.3 Å². The molecular weight excluding hydrogens is 386 g/mol. The largest absolute Gasteiger partial charge is 0.249 e. The van der Waals surface area contributed by atoms with Crippen molar-refractivity contribution in [3.8, 4) is 22.5 Å². The summed E-state index contributed by atoms with van der Waals surface area (Å²) in [6, 6.07) is 16.7. The van der Waals surface area contributed by atoms with Gasteiger partial charge in [0.1, 0.15) is 5.82 Å². The number of nitrogens with zero attached hydrogens (tertiary/aromatic N) is 6. The predicted molar refractivity (Wildman–Crippen MR) is 121 cm³/mol. The molecular formula is C24H29N7. The van der Waals surface area contributed by atoms with Crippen LogP contribution in [0.1, 0.15) is 51.8 Å². The van der Waals surface area contributed by atoms with Gasteiger partial charge in [0, 0.05) is 23.9 Å². The van der Waals surface area contributed by atoms with E-state index in [0.29, 0.717) is 11.7 Å². The lowest BCUT2D eigenvalue weighted by Crippen LogP contribution is -2.15. The third kappa shape index (κ3) is 4.71. The van der Waals surface area contributed by atoms with Crippen molar-refractivity contribution in [2.24, 2.45) is 5.92 Å². The molecule has 2 aromatic heterocycles. The van der Waals surface area contributed by atoms with Crippen molar-refractivity contribution in [3.05, 3.63) is 65.7 Å². The molecule has 0 fully saturated rings. The Kier molecular flexibility index (Phi) is 5.67. The molecule has 7 heteroatoms. The first-order valence-electron chi connectivity index (χ1n) is 10.7. The first-order chi connectivity index (χ1) is 14.8. The second-order valence-corrected chi connectivity index (χ2v) is 9.33. The molecule has 2 aromatic carbocycles. The van der Waals surface area contributed by atoms with E-state index in [1.165, 1.54) is 5.56 Å². The summed E-state index contributed by atoms with van der Waals surface area (Å²) in [4.78, 5) is 4.88. The number of aromatic amines is 1. The minimum absolute atomic E-state index is 0.0697. The highest BCUT2D eigenvalue weighted by atomic mass is 15.5. The molecule has 0 spiro atoms. The van der Waals surface area contributed by atoms with Crippen molar-refractivity contribution >= 4 is 0 Å². The lowest BCUT2D eigenvalue weighted by molar-refractivity contribution is 0.456. The standard InChI is InChI=1S/C24H29N7/c1-16(2)15-31-21(25-23(28-31)24(3,4)5)14-17-10-12-18(13-11-17)19-8-6-7-9-20(19)22-26-29-30-27-22/h6-13,16H,14-15H2,1-5H3,(H,26,27,29,30). The van der Waals surface area contributed by atoms with Gasteiger partial charge in [-0.15, -0.1) is 10.2 Å². The Morgan fingerprint density at radius 2 is 1.68 bits per heavy atom. The number of rotatable bonds is 6. The van der Waals surface area contributed by atoms with Crippen LogP contribution in [0.3, 0.4) is 0 Å². The first kappa shape index (κ1) is 20.9. The summed E-state index contributed by atoms with van der Waals surface area (Å²) in [5, 5.41) is 19.3. The number of H-pyrrole nitrogens is 1. The predicted octanol–water partition coefficient (Wildman–Crippen LogP) is 4.67. The van der Waals surface area contributed by atoms with Crippen molar-refractivity contribution < 1.29 is 0 Å². The lowest BCUT2D eigenvalue weighted by atomic mass is 9.96. The molecule has 0 radical (unpaired) electrons. The summed E-state index contributed by atoms with van der Waals surface area (Å²) >= 11 is 0. The second kappa shape index (κ2) is 8.41. The van der Waals surface area contributed by atoms with Gasteiger partial charge in [-0.25, -0.2) is 9.67 Å². The van der Waals surface area contributed by atoms with Gasteiger partial charge in [-0.2, -0.15) is 10.3 Å². The normalized spacial score (nSPS) is 11.9. The van der Waals surface area contributed by atoms with Gasteiger partial charge in [0.15, 0.2) is 5.82 Å². The highest BCUT2D eigenvalue weighted by Gasteiger charge is 2.22. The molecule has 0 unspecified atom stereocenters. The molecule has 4 rings (SSSR count). The van der Waals surface area contributed by atoms with E-state index in [-0.39, 0.29) is 5.41 Å². The van der Waals surface area contributed by atoms with Crippen LogP contribution in [0, 0.1) is 5.92 Å². The molecule has 7 nitrogen and oxygen atoms in total. The number of tetrazole rings is 1. The van der Waals surface area contributed by atoms with E-state index >= 15 is 0 Å². The van der Waals surface area contributed by atoms with Crippen molar-refractivity contribution in [2.45, 2.75) is 53.0 Å². The van der Waals surface area contributed by atoms with Gasteiger partial charge in [0.25, 0.3) is 0 Å². The highest BCUT2D eigenvalue weighted by Crippen LogP contribution is 2.30. The van der Waals surface area contributed by atoms with Gasteiger partial charge >= 0.3 is 0 Å². The Balaban J connectivity index is 1.62. The highest BCUT2D eigenvalue weighted by molar-refractivity contribution is 5.80. The molecule has 0 aliphatic carbocycles. The second-order valence-electron chi connectivity index (χ2n) is 9.33. The van der Waals surface area contributed by atoms with Crippen LogP contribution in [-0.4, -0.2) is 35.4 Å². The van der Waals surface area contributed by atoms with E-state index in [9.17, 15) is 0 Å². The summed E-state index contributed by atoms with van der Waals surface area (Å²) in [5.74, 6) is 3.01. The maximum absolute atomic E-state index is 4.88. The minimum atomic E-state index is -0.0697. The van der Waals surface area contributed by atoms with Crippen molar-refractivity contribution in [2.75, 3.05) is 0 Å². The summed E-state index contributed by atoms with van der Waals surface area (Å²) in [6.45, 7) is 11.7. The molecule has 0 aliphatic heterocycles. The molecule has 0 saturated heterocycles. The summed E-state index contributed by atoms with van der Waals surface area (Å²) in [7, 11) is 0. The molecule has 1 N–H and O–H groups in total. The van der Waals surface area contributed by atoms with Crippen LogP contribution in [0.5, 0.6) is 0 Å². The Morgan fingerprint density at radius 1 is 0.968 bits per heavy atom. The third-order valence-electron chi connectivity index (χ3n) is 5.10. The van der Waals surface area contributed by atoms with Crippen molar-refractivity contribution in [1.82, 2.24) is 35.4 Å². The fourth-order valence-corrected chi connectivity index (χ4v) is 3.51. The van der Waals surface area contributed by atoms with Crippen LogP contribution < -0.4 is 0 Å². The summed E-state index contributed by atoms with van der Waals surface area (Å²) < 4.78 is 2.07. The van der Waals surface area contributed by atoms with Crippen LogP contribution >= 0.6 is 0 Å². The monoisotopic (exact) mass is 415 g/mol. The number of hydrogen-bond acceptors (Lipinski definition) is 5. The Bertz CT molecular complexity index is 1130. The topological polar surface area (TPSA) is 85.2 Å². The van der Waals surface area contributed by atoms with Crippen LogP contribution in [-0.2, 0) is 18.4 Å². The van der Waals surface area contributed by atoms with Gasteiger partial charge < -0.3 is 0 Å². The summed E-state index contributed by atoms with van der Waals surface area (Å²) in [6.07, 6.45) is 0.753. The lowest BCUT2D eigenvalue weighted by Gasteiger charge is -2.12. The van der Waals surface area contributed by atoms with E-state index in [1.807, 2.05) is 18.2 Å². The van der Waals surface area contributed by atoms with Gasteiger partial charge in [-0.1, -0.05) is 83.1 Å². The zero-order valence-electron chi connectivity index (χ0n) is 18.8. The summed E-state index contributed by atoms with van der Waals surface area (Å²) in [5.41, 5.74) is 4.28. The van der Waals surface area contributed by atoms with E-state index in [1.54, 1.807) is 0 Å². The zero-order valence-corrected chi connectivity index (χ0v) is 18.8. The Morgan fingerprint density at radius 3 is 2.29 bits per heavy atom. The van der Waals surface area contributed by atoms with Gasteiger partial charge in [0.2, 0.25) is 5.82 Å². The van der Waals surface area contributed by atoms with Crippen LogP contribution in [0.25, 0.3) is 22.5 Å². The number of hydrogen-bond donors (Lipinski definition) is 1. The first-order valence-corrected chi connectivity index (χ1v) is 10.7. The SMILES string of the molecule is CC(C)Cn1nc(C(C)(C)C)nc1Cc1ccc(-c2ccccc2-c2nn[nH]n2)cc1. The molecule has 0 atom stereocenters. The van der Waals surface area contributed by atoms with Gasteiger partial charge in [-0.3, -0.25) is 0 Å². The average Bonchev–Trinajstić information content (AvgIpc) is 3.39. The molecule has 4 aromatic rings. The average molecular weight is 416 g/mol. The van der Waals surface area contributed by atoms with Crippen LogP contribution in [0.15, 0.2) is 48.5 Å². The number of nitrogens with one attached hydrogen (secondary N) is 1. The molecule has 0 bridgehead atoms. The maximum Gasteiger partial charge on any atom is 0.205 e. The smallest absolute Gasteiger partial charge is 0.205 e. The zero-order chi connectivity index (χ0) is 22.0. The fourth-order valence-electron chi connectivity index (χ4n) is 3.51. The Hall–Kier alpha value is -3.35. The third-order valence-corrected chi connectivity index (χ3v) is 5.10. The molecule has 160 valence electrons. The number of benzene rings is 2. The van der Waals surface area contributed by atoms with E-state index in [4.69, 9.17) is 10.1 Å². The van der Waals surface area contributed by atoms with Gasteiger partial charge in [0.05, 0.1) is 0 Å². The quantitative estimate of drug-likeness (QED) is 0.495. The molecule has 0 amide bonds. The fraction of sp³-hybridized carbons (Fsp3) is 0.375. The minimum Gasteiger partial charge on any atom is -0.249 e. The van der Waals surface area contributed by atoms with Crippen LogP contribution in [0.4, 0.5) is 0 Å². The molecule has 2 heterocycles. The number of aromatic nitrogens is 7. The molecule has 31 heavy (non-hydrogen) atoms. The Labute approximate surface area is 182 Å². The maximum atomic E-state index is 4.88.